The number of hydrogen-bond donors (Lipinski definition) is 0. The molecular formula is C19H16N2O5. The number of benzene rings is 2. The minimum absolute atomic E-state index is 0.0209. The van der Waals surface area contributed by atoms with Crippen LogP contribution in [0.1, 0.15) is 24.0 Å². The summed E-state index contributed by atoms with van der Waals surface area (Å²) in [5.74, 6) is -0.102. The zero-order valence-corrected chi connectivity index (χ0v) is 13.8. The van der Waals surface area contributed by atoms with Crippen LogP contribution in [0.5, 0.6) is 0 Å². The molecule has 0 atom stereocenters. The van der Waals surface area contributed by atoms with Crippen molar-refractivity contribution in [2.24, 2.45) is 0 Å². The standard InChI is InChI=1S/C19H16N2O5/c22-17(11-5-9-15-7-1-3-13-18(15)20(23)24)12-6-10-16-8-2-4-14-19(16)21(25)26/h1-10,13-14H,11-12H2. The highest BCUT2D eigenvalue weighted by atomic mass is 16.6. The Bertz CT molecular complexity index is 816. The molecule has 2 aromatic rings. The summed E-state index contributed by atoms with van der Waals surface area (Å²) in [4.78, 5) is 32.8. The van der Waals surface area contributed by atoms with E-state index in [0.717, 1.165) is 0 Å². The number of Topliss-reactive ketones (excluding diaryl/α,β-unsaturated/α-hetero) is 1. The van der Waals surface area contributed by atoms with Gasteiger partial charge < -0.3 is 0 Å². The summed E-state index contributed by atoms with van der Waals surface area (Å²) in [6, 6.07) is 12.5. The first-order valence-electron chi connectivity index (χ1n) is 7.80. The van der Waals surface area contributed by atoms with E-state index in [0.29, 0.717) is 11.1 Å². The van der Waals surface area contributed by atoms with Gasteiger partial charge in [-0.05, 0) is 12.1 Å². The quantitative estimate of drug-likeness (QED) is 0.511. The number of nitrogens with zero attached hydrogens (tertiary/aromatic N) is 2. The third-order valence-corrected chi connectivity index (χ3v) is 3.55. The van der Waals surface area contributed by atoms with E-state index in [1.54, 1.807) is 60.7 Å². The zero-order chi connectivity index (χ0) is 18.9. The Hall–Kier alpha value is -3.61. The van der Waals surface area contributed by atoms with Gasteiger partial charge in [0.05, 0.1) is 21.0 Å². The number of hydrogen-bond acceptors (Lipinski definition) is 5. The van der Waals surface area contributed by atoms with E-state index in [1.165, 1.54) is 12.1 Å². The van der Waals surface area contributed by atoms with Gasteiger partial charge in [0.1, 0.15) is 5.78 Å². The fourth-order valence-corrected chi connectivity index (χ4v) is 2.31. The number of nitro groups is 2. The fraction of sp³-hybridized carbons (Fsp3) is 0.105. The Morgan fingerprint density at radius 3 is 1.54 bits per heavy atom. The number of carbonyl (C=O) groups excluding carboxylic acids is 1. The van der Waals surface area contributed by atoms with Crippen molar-refractivity contribution < 1.29 is 14.6 Å². The lowest BCUT2D eigenvalue weighted by atomic mass is 10.1. The highest BCUT2D eigenvalue weighted by Gasteiger charge is 2.10. The molecule has 0 aromatic heterocycles. The molecule has 0 saturated heterocycles. The Labute approximate surface area is 149 Å². The number of rotatable bonds is 8. The monoisotopic (exact) mass is 352 g/mol. The summed E-state index contributed by atoms with van der Waals surface area (Å²) in [5, 5.41) is 21.8. The normalized spacial score (nSPS) is 11.1. The van der Waals surface area contributed by atoms with Crippen molar-refractivity contribution in [3.05, 3.63) is 92.0 Å². The van der Waals surface area contributed by atoms with Gasteiger partial charge in [-0.1, -0.05) is 48.6 Å². The molecule has 0 fully saturated rings. The van der Waals surface area contributed by atoms with Gasteiger partial charge in [0.15, 0.2) is 0 Å². The minimum Gasteiger partial charge on any atom is -0.299 e. The molecule has 0 amide bonds. The maximum Gasteiger partial charge on any atom is 0.276 e. The molecule has 2 aromatic carbocycles. The second kappa shape index (κ2) is 9.03. The smallest absolute Gasteiger partial charge is 0.276 e. The highest BCUT2D eigenvalue weighted by Crippen LogP contribution is 2.20. The van der Waals surface area contributed by atoms with Crippen molar-refractivity contribution in [3.8, 4) is 0 Å². The Kier molecular flexibility index (Phi) is 6.50. The van der Waals surface area contributed by atoms with E-state index in [-0.39, 0.29) is 30.0 Å². The molecule has 0 aliphatic carbocycles. The Morgan fingerprint density at radius 2 is 1.15 bits per heavy atom. The summed E-state index contributed by atoms with van der Waals surface area (Å²) in [5.41, 5.74) is 0.821. The molecule has 132 valence electrons. The van der Waals surface area contributed by atoms with Crippen LogP contribution in [0.4, 0.5) is 11.4 Å². The summed E-state index contributed by atoms with van der Waals surface area (Å²) in [7, 11) is 0. The second-order valence-corrected chi connectivity index (χ2v) is 5.38. The first-order chi connectivity index (χ1) is 12.5. The van der Waals surface area contributed by atoms with E-state index in [1.807, 2.05) is 0 Å². The van der Waals surface area contributed by atoms with Crippen molar-refractivity contribution in [3.63, 3.8) is 0 Å². The molecule has 0 unspecified atom stereocenters. The minimum atomic E-state index is -0.475. The van der Waals surface area contributed by atoms with Gasteiger partial charge in [-0.15, -0.1) is 0 Å². The maximum atomic E-state index is 11.9. The van der Waals surface area contributed by atoms with Crippen molar-refractivity contribution in [2.75, 3.05) is 0 Å². The van der Waals surface area contributed by atoms with Crippen molar-refractivity contribution >= 4 is 29.3 Å². The second-order valence-electron chi connectivity index (χ2n) is 5.38. The molecule has 2 rings (SSSR count). The summed E-state index contributed by atoms with van der Waals surface area (Å²) >= 11 is 0. The van der Waals surface area contributed by atoms with Crippen LogP contribution in [0.25, 0.3) is 12.2 Å². The van der Waals surface area contributed by atoms with E-state index >= 15 is 0 Å². The predicted molar refractivity (Wildman–Crippen MR) is 98.5 cm³/mol. The summed E-state index contributed by atoms with van der Waals surface area (Å²) in [6.45, 7) is 0. The fourth-order valence-electron chi connectivity index (χ4n) is 2.31. The molecule has 7 nitrogen and oxygen atoms in total. The van der Waals surface area contributed by atoms with Crippen molar-refractivity contribution in [1.82, 2.24) is 0 Å². The van der Waals surface area contributed by atoms with Gasteiger partial charge >= 0.3 is 0 Å². The third kappa shape index (κ3) is 5.20. The molecule has 0 spiro atoms. The van der Waals surface area contributed by atoms with Crippen LogP contribution in [0, 0.1) is 20.2 Å². The predicted octanol–water partition coefficient (Wildman–Crippen LogP) is 4.58. The number of carbonyl (C=O) groups is 1. The molecular weight excluding hydrogens is 336 g/mol. The molecule has 26 heavy (non-hydrogen) atoms. The van der Waals surface area contributed by atoms with Gasteiger partial charge in [0, 0.05) is 25.0 Å². The number of nitro benzene ring substituents is 2. The number of ketones is 1. The van der Waals surface area contributed by atoms with E-state index in [9.17, 15) is 25.0 Å². The molecule has 0 radical (unpaired) electrons. The Balaban J connectivity index is 1.94. The molecule has 0 aliphatic rings. The van der Waals surface area contributed by atoms with Crippen LogP contribution >= 0.6 is 0 Å². The van der Waals surface area contributed by atoms with E-state index in [2.05, 4.69) is 0 Å². The summed E-state index contributed by atoms with van der Waals surface area (Å²) in [6.07, 6.45) is 6.47. The molecule has 7 heteroatoms. The van der Waals surface area contributed by atoms with Gasteiger partial charge in [0.25, 0.3) is 11.4 Å². The number of allylic oxidation sites excluding steroid dienone is 2. The van der Waals surface area contributed by atoms with E-state index in [4.69, 9.17) is 0 Å². The lowest BCUT2D eigenvalue weighted by molar-refractivity contribution is -0.385. The largest absolute Gasteiger partial charge is 0.299 e. The molecule has 0 bridgehead atoms. The first-order valence-corrected chi connectivity index (χ1v) is 7.80. The lowest BCUT2D eigenvalue weighted by Gasteiger charge is -1.97. The van der Waals surface area contributed by atoms with Gasteiger partial charge in [0.2, 0.25) is 0 Å². The van der Waals surface area contributed by atoms with Gasteiger partial charge in [-0.25, -0.2) is 0 Å². The zero-order valence-electron chi connectivity index (χ0n) is 13.8. The topological polar surface area (TPSA) is 103 Å². The first kappa shape index (κ1) is 18.7. The van der Waals surface area contributed by atoms with Gasteiger partial charge in [-0.3, -0.25) is 25.0 Å². The van der Waals surface area contributed by atoms with Crippen molar-refractivity contribution in [1.29, 1.82) is 0 Å². The van der Waals surface area contributed by atoms with Crippen LogP contribution < -0.4 is 0 Å². The van der Waals surface area contributed by atoms with Crippen LogP contribution in [-0.4, -0.2) is 15.6 Å². The average Bonchev–Trinajstić information content (AvgIpc) is 2.62. The molecule has 0 aliphatic heterocycles. The van der Waals surface area contributed by atoms with E-state index < -0.39 is 9.85 Å². The average molecular weight is 352 g/mol. The van der Waals surface area contributed by atoms with Crippen molar-refractivity contribution in [2.45, 2.75) is 12.8 Å². The number of para-hydroxylation sites is 2. The lowest BCUT2D eigenvalue weighted by Crippen LogP contribution is -1.94. The molecule has 0 saturated carbocycles. The molecule has 0 heterocycles. The third-order valence-electron chi connectivity index (χ3n) is 3.55. The van der Waals surface area contributed by atoms with Crippen LogP contribution in [0.3, 0.4) is 0 Å². The molecule has 0 N–H and O–H groups in total. The maximum absolute atomic E-state index is 11.9. The van der Waals surface area contributed by atoms with Crippen LogP contribution in [-0.2, 0) is 4.79 Å². The van der Waals surface area contributed by atoms with Crippen LogP contribution in [0.2, 0.25) is 0 Å². The van der Waals surface area contributed by atoms with Gasteiger partial charge in [-0.2, -0.15) is 0 Å². The highest BCUT2D eigenvalue weighted by molar-refractivity contribution is 5.83. The summed E-state index contributed by atoms with van der Waals surface area (Å²) < 4.78 is 0. The SMILES string of the molecule is O=C(CC=Cc1ccccc1[N+](=O)[O-])CC=Cc1ccccc1[N+](=O)[O-]. The van der Waals surface area contributed by atoms with Crippen LogP contribution in [0.15, 0.2) is 60.7 Å². The Morgan fingerprint density at radius 1 is 0.769 bits per heavy atom.